The van der Waals surface area contributed by atoms with Gasteiger partial charge in [-0.3, -0.25) is 4.79 Å². The minimum absolute atomic E-state index is 0.0826. The highest BCUT2D eigenvalue weighted by molar-refractivity contribution is 6.30. The van der Waals surface area contributed by atoms with Crippen LogP contribution in [0, 0.1) is 6.92 Å². The zero-order valence-corrected chi connectivity index (χ0v) is 14.3. The Morgan fingerprint density at radius 1 is 1.26 bits per heavy atom. The molecule has 0 aliphatic carbocycles. The number of carbonyl (C=O) groups excluding carboxylic acids is 1. The molecule has 1 atom stereocenters. The minimum atomic E-state index is -0.326. The fraction of sp³-hybridized carbons (Fsp3) is 0.316. The van der Waals surface area contributed by atoms with Crippen molar-refractivity contribution >= 4 is 17.5 Å². The van der Waals surface area contributed by atoms with Gasteiger partial charge in [-0.05, 0) is 50.6 Å². The number of nitrogens with one attached hydrogen (secondary N) is 1. The van der Waals surface area contributed by atoms with Crippen LogP contribution in [-0.2, 0) is 0 Å². The van der Waals surface area contributed by atoms with Crippen LogP contribution in [0.5, 0.6) is 5.75 Å². The molecule has 1 N–H and O–H groups in total. The van der Waals surface area contributed by atoms with Crippen LogP contribution in [0.4, 0.5) is 0 Å². The molecule has 0 saturated carbocycles. The molecule has 120 valence electrons. The van der Waals surface area contributed by atoms with Crippen LogP contribution in [0.15, 0.2) is 42.5 Å². The number of ether oxygens (including phenoxy) is 1. The second-order valence-corrected chi connectivity index (χ2v) is 7.08. The molecule has 3 nitrogen and oxygen atoms in total. The number of halogens is 1. The molecule has 0 spiro atoms. The topological polar surface area (TPSA) is 38.3 Å². The van der Waals surface area contributed by atoms with Gasteiger partial charge in [-0.1, -0.05) is 29.8 Å². The monoisotopic (exact) mass is 329 g/mol. The molecule has 1 aliphatic rings. The predicted octanol–water partition coefficient (Wildman–Crippen LogP) is 4.68. The number of hydrogen-bond donors (Lipinski definition) is 1. The number of carbonyl (C=O) groups is 1. The molecule has 0 unspecified atom stereocenters. The lowest BCUT2D eigenvalue weighted by Crippen LogP contribution is -2.41. The summed E-state index contributed by atoms with van der Waals surface area (Å²) in [5.41, 5.74) is 2.40. The van der Waals surface area contributed by atoms with E-state index < -0.39 is 0 Å². The van der Waals surface area contributed by atoms with Crippen LogP contribution in [0.2, 0.25) is 5.02 Å². The lowest BCUT2D eigenvalue weighted by molar-refractivity contribution is 0.0619. The van der Waals surface area contributed by atoms with Crippen molar-refractivity contribution in [1.82, 2.24) is 5.32 Å². The van der Waals surface area contributed by atoms with Crippen LogP contribution in [0.25, 0.3) is 0 Å². The molecule has 1 aliphatic heterocycles. The van der Waals surface area contributed by atoms with E-state index in [-0.39, 0.29) is 17.6 Å². The summed E-state index contributed by atoms with van der Waals surface area (Å²) in [6.45, 7) is 6.11. The lowest BCUT2D eigenvalue weighted by Gasteiger charge is -2.38. The summed E-state index contributed by atoms with van der Waals surface area (Å²) in [6.07, 6.45) is 0.718. The van der Waals surface area contributed by atoms with Crippen molar-refractivity contribution in [3.8, 4) is 5.75 Å². The molecule has 0 saturated heterocycles. The van der Waals surface area contributed by atoms with E-state index in [0.29, 0.717) is 10.6 Å². The van der Waals surface area contributed by atoms with Crippen molar-refractivity contribution in [3.63, 3.8) is 0 Å². The summed E-state index contributed by atoms with van der Waals surface area (Å²) in [5, 5.41) is 3.67. The van der Waals surface area contributed by atoms with Crippen LogP contribution >= 0.6 is 11.6 Å². The van der Waals surface area contributed by atoms with E-state index in [4.69, 9.17) is 16.3 Å². The normalized spacial score (nSPS) is 18.7. The zero-order valence-electron chi connectivity index (χ0n) is 13.5. The Kier molecular flexibility index (Phi) is 4.07. The average molecular weight is 330 g/mol. The van der Waals surface area contributed by atoms with E-state index in [1.165, 1.54) is 0 Å². The third-order valence-corrected chi connectivity index (χ3v) is 4.25. The molecule has 1 amide bonds. The maximum absolute atomic E-state index is 12.5. The fourth-order valence-corrected chi connectivity index (χ4v) is 3.15. The number of rotatable bonds is 2. The Balaban J connectivity index is 1.89. The minimum Gasteiger partial charge on any atom is -0.487 e. The van der Waals surface area contributed by atoms with Crippen LogP contribution < -0.4 is 10.1 Å². The van der Waals surface area contributed by atoms with Gasteiger partial charge >= 0.3 is 0 Å². The van der Waals surface area contributed by atoms with Gasteiger partial charge in [0.05, 0.1) is 6.04 Å². The number of fused-ring (bicyclic) bond motifs is 1. The number of benzene rings is 2. The van der Waals surface area contributed by atoms with Crippen LogP contribution in [0.3, 0.4) is 0 Å². The molecule has 0 bridgehead atoms. The highest BCUT2D eigenvalue weighted by atomic mass is 35.5. The smallest absolute Gasteiger partial charge is 0.251 e. The standard InChI is InChI=1S/C19H20ClNO2/c1-12-7-8-15-16(11-19(2,3)23-17(15)9-12)21-18(22)13-5-4-6-14(20)10-13/h4-10,16H,11H2,1-3H3,(H,21,22)/t16-/m1/s1. The van der Waals surface area contributed by atoms with Gasteiger partial charge in [0.2, 0.25) is 0 Å². The predicted molar refractivity (Wildman–Crippen MR) is 92.2 cm³/mol. The molecule has 0 fully saturated rings. The second kappa shape index (κ2) is 5.89. The van der Waals surface area contributed by atoms with Gasteiger partial charge in [-0.25, -0.2) is 0 Å². The number of aryl methyl sites for hydroxylation is 1. The van der Waals surface area contributed by atoms with Gasteiger partial charge < -0.3 is 10.1 Å². The zero-order chi connectivity index (χ0) is 16.6. The van der Waals surface area contributed by atoms with E-state index in [2.05, 4.69) is 5.32 Å². The van der Waals surface area contributed by atoms with Crippen LogP contribution in [-0.4, -0.2) is 11.5 Å². The summed E-state index contributed by atoms with van der Waals surface area (Å²) >= 11 is 5.98. The maximum atomic E-state index is 12.5. The van der Waals surface area contributed by atoms with Gasteiger partial charge in [0.1, 0.15) is 11.4 Å². The van der Waals surface area contributed by atoms with E-state index in [1.807, 2.05) is 39.0 Å². The summed E-state index contributed by atoms with van der Waals surface area (Å²) in [6, 6.07) is 13.0. The molecule has 23 heavy (non-hydrogen) atoms. The van der Waals surface area contributed by atoms with Gasteiger partial charge in [0, 0.05) is 22.6 Å². The number of hydrogen-bond acceptors (Lipinski definition) is 2. The molecular formula is C19H20ClNO2. The Hall–Kier alpha value is -2.00. The first-order valence-corrected chi connectivity index (χ1v) is 8.08. The first-order chi connectivity index (χ1) is 10.8. The van der Waals surface area contributed by atoms with Crippen molar-refractivity contribution in [1.29, 1.82) is 0 Å². The lowest BCUT2D eigenvalue weighted by atomic mass is 9.89. The van der Waals surface area contributed by atoms with Crippen LogP contribution in [0.1, 0.15) is 47.8 Å². The first kappa shape index (κ1) is 15.9. The number of amides is 1. The fourth-order valence-electron chi connectivity index (χ4n) is 2.96. The van der Waals surface area contributed by atoms with Gasteiger partial charge in [0.25, 0.3) is 5.91 Å². The third kappa shape index (κ3) is 3.50. The molecule has 4 heteroatoms. The van der Waals surface area contributed by atoms with E-state index >= 15 is 0 Å². The van der Waals surface area contributed by atoms with E-state index in [9.17, 15) is 4.79 Å². The van der Waals surface area contributed by atoms with Crippen molar-refractivity contribution in [2.45, 2.75) is 38.8 Å². The van der Waals surface area contributed by atoms with E-state index in [1.54, 1.807) is 24.3 Å². The van der Waals surface area contributed by atoms with E-state index in [0.717, 1.165) is 23.3 Å². The quantitative estimate of drug-likeness (QED) is 0.868. The second-order valence-electron chi connectivity index (χ2n) is 6.64. The third-order valence-electron chi connectivity index (χ3n) is 4.02. The Morgan fingerprint density at radius 3 is 2.78 bits per heavy atom. The molecule has 0 radical (unpaired) electrons. The summed E-state index contributed by atoms with van der Waals surface area (Å²) in [4.78, 5) is 12.5. The molecule has 3 rings (SSSR count). The molecule has 0 aromatic heterocycles. The molecule has 2 aromatic carbocycles. The molecular weight excluding hydrogens is 310 g/mol. The Morgan fingerprint density at radius 2 is 2.04 bits per heavy atom. The highest BCUT2D eigenvalue weighted by Crippen LogP contribution is 2.40. The van der Waals surface area contributed by atoms with Gasteiger partial charge in [0.15, 0.2) is 0 Å². The summed E-state index contributed by atoms with van der Waals surface area (Å²) in [7, 11) is 0. The van der Waals surface area contributed by atoms with Gasteiger partial charge in [-0.2, -0.15) is 0 Å². The van der Waals surface area contributed by atoms with Crippen molar-refractivity contribution in [3.05, 3.63) is 64.2 Å². The highest BCUT2D eigenvalue weighted by Gasteiger charge is 2.34. The summed E-state index contributed by atoms with van der Waals surface area (Å²) < 4.78 is 6.06. The van der Waals surface area contributed by atoms with Crippen molar-refractivity contribution < 1.29 is 9.53 Å². The first-order valence-electron chi connectivity index (χ1n) is 7.70. The Bertz CT molecular complexity index is 755. The summed E-state index contributed by atoms with van der Waals surface area (Å²) in [5.74, 6) is 0.722. The average Bonchev–Trinajstić information content (AvgIpc) is 2.45. The van der Waals surface area contributed by atoms with Crippen molar-refractivity contribution in [2.24, 2.45) is 0 Å². The largest absolute Gasteiger partial charge is 0.487 e. The van der Waals surface area contributed by atoms with Crippen molar-refractivity contribution in [2.75, 3.05) is 0 Å². The Labute approximate surface area is 141 Å². The maximum Gasteiger partial charge on any atom is 0.251 e. The molecule has 1 heterocycles. The molecule has 2 aromatic rings. The SMILES string of the molecule is Cc1ccc2c(c1)OC(C)(C)C[C@H]2NC(=O)c1cccc(Cl)c1. The van der Waals surface area contributed by atoms with Gasteiger partial charge in [-0.15, -0.1) is 0 Å².